The van der Waals surface area contributed by atoms with Gasteiger partial charge in [0.25, 0.3) is 0 Å². The fraction of sp³-hybridized carbons (Fsp3) is 0.576. The number of hydrogen-bond donors (Lipinski definition) is 0. The summed E-state index contributed by atoms with van der Waals surface area (Å²) in [5.41, 5.74) is 1.94. The van der Waals surface area contributed by atoms with Crippen molar-refractivity contribution in [3.8, 4) is 11.5 Å². The highest BCUT2D eigenvalue weighted by molar-refractivity contribution is 5.82. The third kappa shape index (κ3) is 7.34. The van der Waals surface area contributed by atoms with Crippen LogP contribution in [0.25, 0.3) is 0 Å². The molecule has 1 heterocycles. The number of carbonyl (C=O) groups is 2. The molecule has 0 radical (unpaired) electrons. The molecule has 1 saturated carbocycles. The van der Waals surface area contributed by atoms with Gasteiger partial charge in [0, 0.05) is 18.0 Å². The Kier molecular flexibility index (Phi) is 9.52. The first kappa shape index (κ1) is 30.7. The third-order valence-corrected chi connectivity index (χ3v) is 8.47. The Morgan fingerprint density at radius 2 is 1.66 bits per heavy atom. The molecule has 2 aliphatic rings. The first-order valence-corrected chi connectivity index (χ1v) is 14.6. The number of methoxy groups -OCH3 is 2. The van der Waals surface area contributed by atoms with Gasteiger partial charge in [0.15, 0.2) is 0 Å². The van der Waals surface area contributed by atoms with E-state index in [0.29, 0.717) is 18.1 Å². The second-order valence-electron chi connectivity index (χ2n) is 12.6. The van der Waals surface area contributed by atoms with E-state index in [0.717, 1.165) is 43.4 Å². The molecule has 2 atom stereocenters. The van der Waals surface area contributed by atoms with E-state index in [1.807, 2.05) is 6.07 Å². The molecule has 8 nitrogen and oxygen atoms in total. The zero-order valence-corrected chi connectivity index (χ0v) is 25.6. The largest absolute Gasteiger partial charge is 0.497 e. The van der Waals surface area contributed by atoms with Gasteiger partial charge in [-0.15, -0.1) is 0 Å². The summed E-state index contributed by atoms with van der Waals surface area (Å²) in [4.78, 5) is 29.2. The van der Waals surface area contributed by atoms with Crippen LogP contribution in [0.5, 0.6) is 11.5 Å². The number of carbonyl (C=O) groups excluding carboxylic acids is 2. The molecular weight excluding hydrogens is 520 g/mol. The summed E-state index contributed by atoms with van der Waals surface area (Å²) in [7, 11) is 7.36. The van der Waals surface area contributed by atoms with E-state index in [1.165, 1.54) is 17.6 Å². The molecular formula is C33H46N2O6. The first-order valence-electron chi connectivity index (χ1n) is 14.6. The number of esters is 1. The van der Waals surface area contributed by atoms with E-state index in [-0.39, 0.29) is 18.2 Å². The molecule has 8 heteroatoms. The summed E-state index contributed by atoms with van der Waals surface area (Å²) in [6.07, 6.45) is 4.82. The first-order chi connectivity index (χ1) is 19.4. The quantitative estimate of drug-likeness (QED) is 0.373. The minimum absolute atomic E-state index is 0.0685. The molecule has 1 aliphatic heterocycles. The van der Waals surface area contributed by atoms with Crippen LogP contribution >= 0.6 is 0 Å². The van der Waals surface area contributed by atoms with Crippen LogP contribution in [0, 0.1) is 5.92 Å². The monoisotopic (exact) mass is 566 g/mol. The van der Waals surface area contributed by atoms with Gasteiger partial charge in [-0.2, -0.15) is 0 Å². The van der Waals surface area contributed by atoms with Crippen LogP contribution in [-0.2, 0) is 26.2 Å². The smallest absolute Gasteiger partial charge is 0.411 e. The number of likely N-dealkylation sites (tertiary alicyclic amines) is 1. The third-order valence-electron chi connectivity index (χ3n) is 8.47. The second kappa shape index (κ2) is 12.7. The van der Waals surface area contributed by atoms with Crippen molar-refractivity contribution < 1.29 is 28.5 Å². The van der Waals surface area contributed by atoms with Crippen LogP contribution in [0.2, 0.25) is 0 Å². The molecule has 1 amide bonds. The van der Waals surface area contributed by atoms with Gasteiger partial charge in [0.05, 0.1) is 20.8 Å². The molecule has 0 unspecified atom stereocenters. The van der Waals surface area contributed by atoms with Gasteiger partial charge < -0.3 is 18.9 Å². The van der Waals surface area contributed by atoms with E-state index < -0.39 is 23.7 Å². The lowest BCUT2D eigenvalue weighted by Gasteiger charge is -2.45. The second-order valence-corrected chi connectivity index (χ2v) is 12.6. The Labute approximate surface area is 244 Å². The van der Waals surface area contributed by atoms with Gasteiger partial charge in [-0.3, -0.25) is 9.80 Å². The Bertz CT molecular complexity index is 1180. The molecule has 2 fully saturated rings. The van der Waals surface area contributed by atoms with Crippen molar-refractivity contribution in [1.29, 1.82) is 0 Å². The van der Waals surface area contributed by atoms with Crippen LogP contribution in [-0.4, -0.2) is 74.5 Å². The molecule has 1 saturated heterocycles. The molecule has 2 aromatic carbocycles. The molecule has 0 spiro atoms. The van der Waals surface area contributed by atoms with E-state index in [2.05, 4.69) is 61.5 Å². The molecule has 0 aromatic heterocycles. The maximum absolute atomic E-state index is 12.9. The summed E-state index contributed by atoms with van der Waals surface area (Å²) in [5, 5.41) is 0. The number of benzene rings is 2. The molecule has 224 valence electrons. The number of nitrogens with zero attached hydrogens (tertiary/aromatic N) is 2. The molecule has 4 rings (SSSR count). The highest BCUT2D eigenvalue weighted by Crippen LogP contribution is 2.44. The van der Waals surface area contributed by atoms with Crippen molar-refractivity contribution in [2.24, 2.45) is 5.92 Å². The van der Waals surface area contributed by atoms with Crippen LogP contribution in [0.1, 0.15) is 64.0 Å². The minimum Gasteiger partial charge on any atom is -0.497 e. The Hall–Kier alpha value is -3.26. The summed E-state index contributed by atoms with van der Waals surface area (Å²) in [5.74, 6) is 1.48. The van der Waals surface area contributed by atoms with E-state index in [9.17, 15) is 9.59 Å². The predicted octanol–water partition coefficient (Wildman–Crippen LogP) is 5.81. The van der Waals surface area contributed by atoms with Gasteiger partial charge >= 0.3 is 12.1 Å². The van der Waals surface area contributed by atoms with Crippen molar-refractivity contribution in [3.05, 3.63) is 59.7 Å². The number of amides is 1. The normalized spacial score (nSPS) is 24.7. The molecule has 0 bridgehead atoms. The molecule has 2 aromatic rings. The fourth-order valence-corrected chi connectivity index (χ4v) is 6.33. The Balaban J connectivity index is 1.45. The lowest BCUT2D eigenvalue weighted by Crippen LogP contribution is -2.44. The van der Waals surface area contributed by atoms with E-state index in [1.54, 1.807) is 27.9 Å². The number of ether oxygens (including phenoxy) is 4. The highest BCUT2D eigenvalue weighted by atomic mass is 16.6. The lowest BCUT2D eigenvalue weighted by atomic mass is 9.70. The van der Waals surface area contributed by atoms with Crippen LogP contribution in [0.3, 0.4) is 0 Å². The lowest BCUT2D eigenvalue weighted by molar-refractivity contribution is -0.145. The predicted molar refractivity (Wildman–Crippen MR) is 158 cm³/mol. The molecule has 0 N–H and O–H groups in total. The Morgan fingerprint density at radius 3 is 2.24 bits per heavy atom. The summed E-state index contributed by atoms with van der Waals surface area (Å²) in [6.45, 7) is 5.63. The van der Waals surface area contributed by atoms with Crippen molar-refractivity contribution in [3.63, 3.8) is 0 Å². The minimum atomic E-state index is -0.756. The summed E-state index contributed by atoms with van der Waals surface area (Å²) < 4.78 is 22.5. The van der Waals surface area contributed by atoms with Crippen molar-refractivity contribution >= 4 is 12.1 Å². The highest BCUT2D eigenvalue weighted by Gasteiger charge is 2.43. The van der Waals surface area contributed by atoms with Crippen molar-refractivity contribution in [2.75, 3.05) is 34.9 Å². The van der Waals surface area contributed by atoms with Gasteiger partial charge in [0.1, 0.15) is 29.2 Å². The number of rotatable bonds is 8. The van der Waals surface area contributed by atoms with Crippen LogP contribution in [0.15, 0.2) is 48.5 Å². The van der Waals surface area contributed by atoms with Gasteiger partial charge in [-0.1, -0.05) is 30.3 Å². The zero-order chi connectivity index (χ0) is 29.8. The number of hydrogen-bond acceptors (Lipinski definition) is 7. The maximum Gasteiger partial charge on any atom is 0.411 e. The van der Waals surface area contributed by atoms with E-state index in [4.69, 9.17) is 18.9 Å². The van der Waals surface area contributed by atoms with Crippen molar-refractivity contribution in [2.45, 2.75) is 82.6 Å². The SMILES string of the molecule is COC(=O)[C@@H]1C[C@H](Oc2cc(C[C@H]3CC[C@](c4ccccc4)(N(C)C)CC3)cc(OC)c2)CN1C(=O)OC(C)(C)C. The molecule has 1 aliphatic carbocycles. The maximum atomic E-state index is 12.9. The zero-order valence-electron chi connectivity index (χ0n) is 25.6. The van der Waals surface area contributed by atoms with Crippen molar-refractivity contribution in [1.82, 2.24) is 9.80 Å². The van der Waals surface area contributed by atoms with Crippen LogP contribution < -0.4 is 9.47 Å². The van der Waals surface area contributed by atoms with Gasteiger partial charge in [0.2, 0.25) is 0 Å². The summed E-state index contributed by atoms with van der Waals surface area (Å²) >= 11 is 0. The molecule has 41 heavy (non-hydrogen) atoms. The average molecular weight is 567 g/mol. The topological polar surface area (TPSA) is 77.5 Å². The average Bonchev–Trinajstić information content (AvgIpc) is 3.36. The van der Waals surface area contributed by atoms with Gasteiger partial charge in [-0.05, 0) is 96.1 Å². The van der Waals surface area contributed by atoms with Gasteiger partial charge in [-0.25, -0.2) is 9.59 Å². The Morgan fingerprint density at radius 1 is 1.00 bits per heavy atom. The standard InChI is InChI=1S/C33H46N2O6/c1-32(2,3)41-31(37)35-22-28(21-29(35)30(36)39-7)40-27-19-24(18-26(20-27)38-6)17-23-13-15-33(16-14-23,34(4)5)25-11-9-8-10-12-25/h8-12,18-20,23,28-29H,13-17,21-22H2,1-7H3/t23-,28-,29-,33-/m0/s1. The van der Waals surface area contributed by atoms with E-state index >= 15 is 0 Å². The summed E-state index contributed by atoms with van der Waals surface area (Å²) in [6, 6.07) is 16.1. The fourth-order valence-electron chi connectivity index (χ4n) is 6.33. The van der Waals surface area contributed by atoms with Crippen LogP contribution in [0.4, 0.5) is 4.79 Å².